The smallest absolute Gasteiger partial charge is 0.183 e. The average molecular weight is 568 g/mol. The Morgan fingerprint density at radius 1 is 1.05 bits per heavy atom. The van der Waals surface area contributed by atoms with Gasteiger partial charge in [-0.05, 0) is 48.4 Å². The number of anilines is 1. The molecule has 0 aliphatic carbocycles. The molecule has 0 amide bonds. The lowest BCUT2D eigenvalue weighted by atomic mass is 10.1. The number of aromatic nitrogens is 1. The molecule has 0 radical (unpaired) electrons. The lowest BCUT2D eigenvalue weighted by Gasteiger charge is -2.16. The number of sulfone groups is 1. The van der Waals surface area contributed by atoms with Crippen LogP contribution in [0.25, 0.3) is 10.2 Å². The van der Waals surface area contributed by atoms with E-state index in [0.717, 1.165) is 26.7 Å². The number of methoxy groups -OCH3 is 2. The molecule has 9 nitrogen and oxygen atoms in total. The van der Waals surface area contributed by atoms with Crippen LogP contribution in [0.5, 0.6) is 17.2 Å². The van der Waals surface area contributed by atoms with Crippen LogP contribution < -0.4 is 19.5 Å². The fourth-order valence-corrected chi connectivity index (χ4v) is 5.27. The summed E-state index contributed by atoms with van der Waals surface area (Å²) in [5.74, 6) is 1.95. The molecular weight excluding hydrogens is 538 g/mol. The first-order chi connectivity index (χ1) is 18.7. The first-order valence-corrected chi connectivity index (χ1v) is 14.3. The molecule has 0 aliphatic rings. The van der Waals surface area contributed by atoms with Gasteiger partial charge in [-0.2, -0.15) is 5.26 Å². The van der Waals surface area contributed by atoms with Crippen LogP contribution in [0.1, 0.15) is 29.7 Å². The highest BCUT2D eigenvalue weighted by atomic mass is 32.2. The van der Waals surface area contributed by atoms with Crippen LogP contribution in [0.2, 0.25) is 0 Å². The standard InChI is InChI=1S/C18H17NO4S.C10H12N2O2S/c1-3-24(21,22)16-7-5-15(6-8-16)18(12-20)23-17-9-4-14(11-19)10-13(17)2;1-11-10-12-6-4-7(13-2)8(14-3)5-9(6)15-10/h4-10,12,18H,3H2,1-2H3;4-5H,1-3H3,(H,11,12). The van der Waals surface area contributed by atoms with Crippen molar-refractivity contribution in [3.05, 3.63) is 71.3 Å². The summed E-state index contributed by atoms with van der Waals surface area (Å²) >= 11 is 1.59. The van der Waals surface area contributed by atoms with Crippen molar-refractivity contribution in [3.8, 4) is 23.3 Å². The number of fused-ring (bicyclic) bond motifs is 1. The Labute approximate surface area is 231 Å². The maximum absolute atomic E-state index is 11.8. The first-order valence-electron chi connectivity index (χ1n) is 11.8. The fraction of sp³-hybridized carbons (Fsp3) is 0.250. The highest BCUT2D eigenvalue weighted by molar-refractivity contribution is 7.91. The number of aryl methyl sites for hydroxylation is 1. The summed E-state index contributed by atoms with van der Waals surface area (Å²) in [5, 5.41) is 12.8. The average Bonchev–Trinajstić information content (AvgIpc) is 3.38. The molecule has 0 aliphatic heterocycles. The van der Waals surface area contributed by atoms with E-state index in [1.165, 1.54) is 12.1 Å². The van der Waals surface area contributed by atoms with Gasteiger partial charge < -0.3 is 19.5 Å². The Morgan fingerprint density at radius 2 is 1.72 bits per heavy atom. The number of hydrogen-bond donors (Lipinski definition) is 1. The minimum Gasteiger partial charge on any atom is -0.493 e. The van der Waals surface area contributed by atoms with E-state index >= 15 is 0 Å². The van der Waals surface area contributed by atoms with E-state index < -0.39 is 15.9 Å². The monoisotopic (exact) mass is 567 g/mol. The van der Waals surface area contributed by atoms with E-state index in [9.17, 15) is 13.2 Å². The number of nitrogens with one attached hydrogen (secondary N) is 1. The van der Waals surface area contributed by atoms with E-state index in [1.807, 2.05) is 25.2 Å². The Bertz CT molecular complexity index is 1550. The van der Waals surface area contributed by atoms with Crippen LogP contribution in [0.4, 0.5) is 5.13 Å². The highest BCUT2D eigenvalue weighted by Crippen LogP contribution is 2.36. The van der Waals surface area contributed by atoms with Crippen LogP contribution in [-0.2, 0) is 14.6 Å². The van der Waals surface area contributed by atoms with Crippen molar-refractivity contribution in [2.75, 3.05) is 32.3 Å². The molecule has 0 fully saturated rings. The summed E-state index contributed by atoms with van der Waals surface area (Å²) in [7, 11) is 1.82. The Balaban J connectivity index is 0.000000239. The molecule has 0 saturated carbocycles. The maximum Gasteiger partial charge on any atom is 0.183 e. The quantitative estimate of drug-likeness (QED) is 0.267. The van der Waals surface area contributed by atoms with Gasteiger partial charge in [0, 0.05) is 19.2 Å². The van der Waals surface area contributed by atoms with Gasteiger partial charge in [0.1, 0.15) is 5.75 Å². The zero-order valence-electron chi connectivity index (χ0n) is 22.2. The summed E-state index contributed by atoms with van der Waals surface area (Å²) in [4.78, 5) is 16.0. The lowest BCUT2D eigenvalue weighted by molar-refractivity contribution is -0.113. The number of aldehydes is 1. The van der Waals surface area contributed by atoms with Crippen LogP contribution in [0.15, 0.2) is 59.5 Å². The van der Waals surface area contributed by atoms with Gasteiger partial charge in [-0.15, -0.1) is 0 Å². The molecule has 1 heterocycles. The van der Waals surface area contributed by atoms with Gasteiger partial charge in [0.2, 0.25) is 0 Å². The maximum atomic E-state index is 11.8. The molecule has 1 N–H and O–H groups in total. The summed E-state index contributed by atoms with van der Waals surface area (Å²) in [5.41, 5.74) is 2.73. The number of carbonyl (C=O) groups is 1. The second kappa shape index (κ2) is 13.1. The van der Waals surface area contributed by atoms with Gasteiger partial charge in [-0.25, -0.2) is 13.4 Å². The number of rotatable bonds is 9. The van der Waals surface area contributed by atoms with Crippen molar-refractivity contribution in [2.24, 2.45) is 0 Å². The second-order valence-electron chi connectivity index (χ2n) is 8.18. The molecule has 0 spiro atoms. The van der Waals surface area contributed by atoms with E-state index in [1.54, 1.807) is 69.7 Å². The lowest BCUT2D eigenvalue weighted by Crippen LogP contribution is -2.10. The second-order valence-corrected chi connectivity index (χ2v) is 11.5. The summed E-state index contributed by atoms with van der Waals surface area (Å²) in [6.45, 7) is 3.36. The minimum absolute atomic E-state index is 0.0182. The fourth-order valence-electron chi connectivity index (χ4n) is 3.56. The Hall–Kier alpha value is -4.14. The van der Waals surface area contributed by atoms with Gasteiger partial charge in [-0.3, -0.25) is 4.79 Å². The number of benzene rings is 3. The van der Waals surface area contributed by atoms with E-state index in [0.29, 0.717) is 28.9 Å². The molecule has 4 aromatic rings. The molecule has 1 unspecified atom stereocenters. The van der Waals surface area contributed by atoms with E-state index in [2.05, 4.69) is 10.3 Å². The van der Waals surface area contributed by atoms with Crippen molar-refractivity contribution in [1.29, 1.82) is 5.26 Å². The van der Waals surface area contributed by atoms with Crippen molar-refractivity contribution >= 4 is 42.8 Å². The summed E-state index contributed by atoms with van der Waals surface area (Å²) in [6, 6.07) is 16.9. The SMILES string of the molecule is CCS(=O)(=O)c1ccc(C(C=O)Oc2ccc(C#N)cc2C)cc1.CNc1nc2cc(OC)c(OC)cc2s1. The number of carbonyl (C=O) groups excluding carboxylic acids is 1. The third-order valence-electron chi connectivity index (χ3n) is 5.74. The van der Waals surface area contributed by atoms with Gasteiger partial charge in [-0.1, -0.05) is 30.4 Å². The third-order valence-corrected chi connectivity index (χ3v) is 8.52. The molecule has 11 heteroatoms. The Morgan fingerprint density at radius 3 is 2.26 bits per heavy atom. The van der Waals surface area contributed by atoms with Crippen LogP contribution in [0, 0.1) is 18.3 Å². The van der Waals surface area contributed by atoms with Crippen molar-refractivity contribution < 1.29 is 27.4 Å². The van der Waals surface area contributed by atoms with Crippen molar-refractivity contribution in [3.63, 3.8) is 0 Å². The number of hydrogen-bond acceptors (Lipinski definition) is 10. The van der Waals surface area contributed by atoms with Crippen molar-refractivity contribution in [1.82, 2.24) is 4.98 Å². The number of thiazole rings is 1. The van der Waals surface area contributed by atoms with Crippen LogP contribution >= 0.6 is 11.3 Å². The molecule has 3 aromatic carbocycles. The van der Waals surface area contributed by atoms with Gasteiger partial charge >= 0.3 is 0 Å². The summed E-state index contributed by atoms with van der Waals surface area (Å²) < 4.78 is 40.9. The van der Waals surface area contributed by atoms with Gasteiger partial charge in [0.15, 0.2) is 38.9 Å². The minimum atomic E-state index is -3.28. The normalized spacial score (nSPS) is 11.5. The van der Waals surface area contributed by atoms with Crippen LogP contribution in [0.3, 0.4) is 0 Å². The molecule has 1 atom stereocenters. The molecular formula is C28H29N3O6S2. The number of nitriles is 1. The zero-order chi connectivity index (χ0) is 28.6. The number of ether oxygens (including phenoxy) is 3. The molecule has 4 rings (SSSR count). The molecule has 0 bridgehead atoms. The summed E-state index contributed by atoms with van der Waals surface area (Å²) in [6.07, 6.45) is -0.198. The van der Waals surface area contributed by atoms with Gasteiger partial charge in [0.05, 0.1) is 46.7 Å². The highest BCUT2D eigenvalue weighted by Gasteiger charge is 2.17. The zero-order valence-corrected chi connectivity index (χ0v) is 23.9. The predicted octanol–water partition coefficient (Wildman–Crippen LogP) is 5.33. The topological polar surface area (TPSA) is 128 Å². The molecule has 0 saturated heterocycles. The number of nitrogens with zero attached hydrogens (tertiary/aromatic N) is 2. The predicted molar refractivity (Wildman–Crippen MR) is 152 cm³/mol. The molecule has 1 aromatic heterocycles. The van der Waals surface area contributed by atoms with Crippen LogP contribution in [-0.4, -0.2) is 46.7 Å². The first kappa shape index (κ1) is 29.4. The van der Waals surface area contributed by atoms with Crippen molar-refractivity contribution in [2.45, 2.75) is 24.8 Å². The van der Waals surface area contributed by atoms with Gasteiger partial charge in [0.25, 0.3) is 0 Å². The third kappa shape index (κ3) is 7.04. The van der Waals surface area contributed by atoms with E-state index in [-0.39, 0.29) is 10.6 Å². The van der Waals surface area contributed by atoms with E-state index in [4.69, 9.17) is 19.5 Å². The molecule has 39 heavy (non-hydrogen) atoms. The largest absolute Gasteiger partial charge is 0.493 e. The molecule has 204 valence electrons. The Kier molecular flexibility index (Phi) is 9.87.